The van der Waals surface area contributed by atoms with Crippen LogP contribution in [0.2, 0.25) is 0 Å². The molecule has 0 radical (unpaired) electrons. The van der Waals surface area contributed by atoms with Crippen molar-refractivity contribution < 1.29 is 0 Å². The van der Waals surface area contributed by atoms with Crippen LogP contribution in [0.25, 0.3) is 66.6 Å². The molecule has 0 bridgehead atoms. The topological polar surface area (TPSA) is 64.3 Å². The maximum absolute atomic E-state index is 5.36. The predicted molar refractivity (Wildman–Crippen MR) is 204 cm³/mol. The number of nitrogens with zero attached hydrogens (tertiary/aromatic N) is 5. The highest BCUT2D eigenvalue weighted by molar-refractivity contribution is 6.11. The number of rotatable bonds is 3. The molecular weight excluding hydrogens is 601 g/mol. The lowest BCUT2D eigenvalue weighted by Gasteiger charge is -2.20. The van der Waals surface area contributed by atoms with E-state index in [4.69, 9.17) is 9.97 Å². The molecule has 8 rings (SSSR count). The average Bonchev–Trinajstić information content (AvgIpc) is 3.76. The van der Waals surface area contributed by atoms with E-state index in [1.54, 1.807) is 0 Å². The lowest BCUT2D eigenvalue weighted by molar-refractivity contribution is 0.567. The highest BCUT2D eigenvalue weighted by atomic mass is 15.1. The molecule has 0 fully saturated rings. The first-order chi connectivity index (χ1) is 23.2. The van der Waals surface area contributed by atoms with Crippen molar-refractivity contribution >= 4 is 43.7 Å². The minimum Gasteiger partial charge on any atom is -0.294 e. The third-order valence-electron chi connectivity index (χ3n) is 9.86. The fourth-order valence-corrected chi connectivity index (χ4v) is 6.96. The van der Waals surface area contributed by atoms with Crippen molar-refractivity contribution in [2.45, 2.75) is 78.6 Å². The van der Waals surface area contributed by atoms with Crippen molar-refractivity contribution in [3.63, 3.8) is 0 Å². The van der Waals surface area contributed by atoms with Crippen molar-refractivity contribution in [2.75, 3.05) is 0 Å². The number of fused-ring (bicyclic) bond motifs is 6. The molecule has 0 atom stereocenters. The highest BCUT2D eigenvalue weighted by Crippen LogP contribution is 2.39. The first-order valence-corrected chi connectivity index (χ1v) is 17.2. The van der Waals surface area contributed by atoms with E-state index in [2.05, 4.69) is 173 Å². The monoisotopic (exact) mass is 644 g/mol. The standard InChI is InChI=1S/C43H44N6/c1-41(2,3)26-14-19-36-32(22-26)31-17-18-33(34-25-38(47-46-34)43(7,8)9)45-40(31)48(36)28-15-16-30-29-12-10-11-13-35(29)49(37(30)24-28)39-23-27(20-21-44-39)42(4,5)6/h10-25H,1-9H3,(H,46,47). The highest BCUT2D eigenvalue weighted by Gasteiger charge is 2.23. The second-order valence-electron chi connectivity index (χ2n) is 16.5. The van der Waals surface area contributed by atoms with Gasteiger partial charge in [-0.2, -0.15) is 5.10 Å². The van der Waals surface area contributed by atoms with E-state index in [0.717, 1.165) is 56.2 Å². The van der Waals surface area contributed by atoms with E-state index in [0.29, 0.717) is 0 Å². The van der Waals surface area contributed by atoms with Gasteiger partial charge in [0.05, 0.1) is 33.6 Å². The van der Waals surface area contributed by atoms with Gasteiger partial charge in [-0.3, -0.25) is 14.2 Å². The van der Waals surface area contributed by atoms with Gasteiger partial charge in [-0.1, -0.05) is 92.6 Å². The summed E-state index contributed by atoms with van der Waals surface area (Å²) in [6.45, 7) is 20.1. The van der Waals surface area contributed by atoms with Gasteiger partial charge in [-0.05, 0) is 82.6 Å². The number of aromatic amines is 1. The fourth-order valence-electron chi connectivity index (χ4n) is 6.96. The minimum absolute atomic E-state index is 0.00215. The van der Waals surface area contributed by atoms with Crippen LogP contribution in [0.5, 0.6) is 0 Å². The molecule has 0 aliphatic heterocycles. The summed E-state index contributed by atoms with van der Waals surface area (Å²) in [4.78, 5) is 10.3. The molecule has 6 heteroatoms. The van der Waals surface area contributed by atoms with Gasteiger partial charge in [0.25, 0.3) is 0 Å². The van der Waals surface area contributed by atoms with E-state index in [-0.39, 0.29) is 16.2 Å². The van der Waals surface area contributed by atoms with Crippen LogP contribution in [0.1, 0.15) is 79.1 Å². The number of hydrogen-bond acceptors (Lipinski definition) is 3. The third kappa shape index (κ3) is 5.13. The Kier molecular flexibility index (Phi) is 6.74. The van der Waals surface area contributed by atoms with Crippen LogP contribution < -0.4 is 0 Å². The molecule has 0 aliphatic rings. The maximum atomic E-state index is 5.36. The minimum atomic E-state index is -0.0633. The summed E-state index contributed by atoms with van der Waals surface area (Å²) in [6.07, 6.45) is 1.94. The van der Waals surface area contributed by atoms with E-state index >= 15 is 0 Å². The Morgan fingerprint density at radius 3 is 1.98 bits per heavy atom. The average molecular weight is 645 g/mol. The van der Waals surface area contributed by atoms with Crippen molar-refractivity contribution in [3.8, 4) is 22.9 Å². The molecular formula is C43H44N6. The number of hydrogen-bond donors (Lipinski definition) is 1. The van der Waals surface area contributed by atoms with Crippen LogP contribution in [-0.2, 0) is 16.2 Å². The molecule has 3 aromatic carbocycles. The third-order valence-corrected chi connectivity index (χ3v) is 9.86. The van der Waals surface area contributed by atoms with Crippen LogP contribution >= 0.6 is 0 Å². The van der Waals surface area contributed by atoms with Gasteiger partial charge in [0.2, 0.25) is 0 Å². The number of nitrogens with one attached hydrogen (secondary N) is 1. The summed E-state index contributed by atoms with van der Waals surface area (Å²) in [6, 6.07) is 33.1. The molecule has 0 saturated heterocycles. The molecule has 246 valence electrons. The smallest absolute Gasteiger partial charge is 0.146 e. The molecule has 1 N–H and O–H groups in total. The largest absolute Gasteiger partial charge is 0.294 e. The van der Waals surface area contributed by atoms with Gasteiger partial charge in [-0.15, -0.1) is 0 Å². The molecule has 0 aliphatic carbocycles. The van der Waals surface area contributed by atoms with Gasteiger partial charge in [0, 0.05) is 38.8 Å². The van der Waals surface area contributed by atoms with Crippen LogP contribution in [-0.4, -0.2) is 29.3 Å². The van der Waals surface area contributed by atoms with Crippen molar-refractivity contribution in [1.29, 1.82) is 0 Å². The quantitative estimate of drug-likeness (QED) is 0.208. The molecule has 5 heterocycles. The Balaban J connectivity index is 1.42. The zero-order chi connectivity index (χ0) is 34.5. The normalized spacial score (nSPS) is 13.0. The molecule has 0 saturated carbocycles. The SMILES string of the molecule is CC(C)(C)c1ccnc(-n2c3ccccc3c3ccc(-n4c5ccc(C(C)(C)C)cc5c5ccc(-c6cc(C(C)(C)C)n[nH]6)nc54)cc32)c1. The van der Waals surface area contributed by atoms with Crippen LogP contribution in [0.4, 0.5) is 0 Å². The van der Waals surface area contributed by atoms with Crippen LogP contribution in [0.3, 0.4) is 0 Å². The summed E-state index contributed by atoms with van der Waals surface area (Å²) in [7, 11) is 0. The van der Waals surface area contributed by atoms with Crippen molar-refractivity contribution in [3.05, 3.63) is 114 Å². The number of H-pyrrole nitrogens is 1. The lowest BCUT2D eigenvalue weighted by atomic mass is 9.86. The number of benzene rings is 3. The van der Waals surface area contributed by atoms with E-state index in [1.165, 1.54) is 27.3 Å². The Morgan fingerprint density at radius 2 is 1.24 bits per heavy atom. The number of aromatic nitrogens is 6. The first kappa shape index (κ1) is 31.1. The molecule has 0 spiro atoms. The summed E-state index contributed by atoms with van der Waals surface area (Å²) in [5, 5.41) is 12.6. The molecule has 5 aromatic heterocycles. The van der Waals surface area contributed by atoms with Gasteiger partial charge < -0.3 is 0 Å². The second kappa shape index (κ2) is 10.6. The van der Waals surface area contributed by atoms with Gasteiger partial charge in [0.15, 0.2) is 0 Å². The van der Waals surface area contributed by atoms with Gasteiger partial charge in [0.1, 0.15) is 11.5 Å². The summed E-state index contributed by atoms with van der Waals surface area (Å²) >= 11 is 0. The molecule has 6 nitrogen and oxygen atoms in total. The number of para-hydroxylation sites is 1. The van der Waals surface area contributed by atoms with E-state index in [1.807, 2.05) is 6.20 Å². The van der Waals surface area contributed by atoms with Crippen LogP contribution in [0.15, 0.2) is 97.2 Å². The van der Waals surface area contributed by atoms with E-state index < -0.39 is 0 Å². The van der Waals surface area contributed by atoms with Gasteiger partial charge >= 0.3 is 0 Å². The Labute approximate surface area is 287 Å². The summed E-state index contributed by atoms with van der Waals surface area (Å²) in [5.41, 5.74) is 10.7. The molecule has 0 amide bonds. The summed E-state index contributed by atoms with van der Waals surface area (Å²) in [5.74, 6) is 0.919. The van der Waals surface area contributed by atoms with E-state index in [9.17, 15) is 0 Å². The fraction of sp³-hybridized carbons (Fsp3) is 0.279. The Morgan fingerprint density at radius 1 is 0.551 bits per heavy atom. The Hall–Kier alpha value is -5.23. The zero-order valence-corrected chi connectivity index (χ0v) is 30.0. The first-order valence-electron chi connectivity index (χ1n) is 17.2. The molecule has 0 unspecified atom stereocenters. The van der Waals surface area contributed by atoms with Crippen molar-refractivity contribution in [2.24, 2.45) is 0 Å². The molecule has 8 aromatic rings. The zero-order valence-electron chi connectivity index (χ0n) is 30.0. The van der Waals surface area contributed by atoms with Gasteiger partial charge in [-0.25, -0.2) is 9.97 Å². The van der Waals surface area contributed by atoms with Crippen molar-refractivity contribution in [1.82, 2.24) is 29.3 Å². The predicted octanol–water partition coefficient (Wildman–Crippen LogP) is 11.0. The lowest BCUT2D eigenvalue weighted by Crippen LogP contribution is -2.12. The summed E-state index contributed by atoms with van der Waals surface area (Å²) < 4.78 is 4.63. The Bertz CT molecular complexity index is 2550. The second-order valence-corrected chi connectivity index (χ2v) is 16.5. The maximum Gasteiger partial charge on any atom is 0.146 e. The van der Waals surface area contributed by atoms with Crippen LogP contribution in [0, 0.1) is 0 Å². The number of pyridine rings is 2. The molecule has 49 heavy (non-hydrogen) atoms.